The van der Waals surface area contributed by atoms with Gasteiger partial charge < -0.3 is 4.74 Å². The van der Waals surface area contributed by atoms with E-state index in [0.29, 0.717) is 6.61 Å². The fraction of sp³-hybridized carbons (Fsp3) is 1.00. The summed E-state index contributed by atoms with van der Waals surface area (Å²) in [6, 6.07) is 0. The number of rotatable bonds is 2. The zero-order valence-corrected chi connectivity index (χ0v) is 8.62. The maximum absolute atomic E-state index is 10.8. The van der Waals surface area contributed by atoms with Crippen molar-refractivity contribution < 1.29 is 13.2 Å². The first-order valence-electron chi connectivity index (χ1n) is 3.98. The van der Waals surface area contributed by atoms with Crippen LogP contribution < -0.4 is 0 Å². The molecule has 0 N–H and O–H groups in total. The maximum Gasteiger partial charge on any atom is 0.235 e. The first-order valence-corrected chi connectivity index (χ1v) is 6.45. The molecule has 0 aromatic rings. The Kier molecular flexibility index (Phi) is 3.01. The van der Waals surface area contributed by atoms with Gasteiger partial charge in [0.1, 0.15) is 0 Å². The minimum absolute atomic E-state index is 0.0818. The quantitative estimate of drug-likeness (QED) is 0.652. The fourth-order valence-corrected chi connectivity index (χ4v) is 3.12. The van der Waals surface area contributed by atoms with Crippen LogP contribution in [-0.4, -0.2) is 26.4 Å². The van der Waals surface area contributed by atoms with Crippen molar-refractivity contribution in [3.63, 3.8) is 0 Å². The average Bonchev–Trinajstić information content (AvgIpc) is 1.83. The van der Waals surface area contributed by atoms with E-state index in [1.807, 2.05) is 0 Å². The van der Waals surface area contributed by atoms with E-state index >= 15 is 0 Å². The minimum atomic E-state index is -3.43. The van der Waals surface area contributed by atoms with Crippen molar-refractivity contribution >= 4 is 19.7 Å². The molecule has 1 aliphatic rings. The number of hydrogen-bond acceptors (Lipinski definition) is 3. The highest BCUT2D eigenvalue weighted by atomic mass is 35.7. The van der Waals surface area contributed by atoms with Crippen LogP contribution in [-0.2, 0) is 13.8 Å². The second-order valence-corrected chi connectivity index (χ2v) is 6.22. The molecule has 1 fully saturated rings. The lowest BCUT2D eigenvalue weighted by molar-refractivity contribution is -0.0483. The van der Waals surface area contributed by atoms with E-state index in [-0.39, 0.29) is 5.75 Å². The Morgan fingerprint density at radius 3 is 2.58 bits per heavy atom. The van der Waals surface area contributed by atoms with E-state index < -0.39 is 14.7 Å². The van der Waals surface area contributed by atoms with Crippen LogP contribution in [0.4, 0.5) is 0 Å². The molecule has 1 rings (SSSR count). The van der Waals surface area contributed by atoms with Gasteiger partial charge in [-0.25, -0.2) is 8.42 Å². The summed E-state index contributed by atoms with van der Waals surface area (Å²) in [5, 5.41) is 0. The summed E-state index contributed by atoms with van der Waals surface area (Å²) in [5.41, 5.74) is -0.557. The molecule has 0 bridgehead atoms. The largest absolute Gasteiger partial charge is 0.374 e. The molecule has 0 aliphatic carbocycles. The van der Waals surface area contributed by atoms with Gasteiger partial charge in [-0.05, 0) is 26.2 Å². The van der Waals surface area contributed by atoms with Crippen molar-refractivity contribution in [3.05, 3.63) is 0 Å². The summed E-state index contributed by atoms with van der Waals surface area (Å²) in [5.74, 6) is -0.0818. The summed E-state index contributed by atoms with van der Waals surface area (Å²) in [4.78, 5) is 0. The minimum Gasteiger partial charge on any atom is -0.374 e. The van der Waals surface area contributed by atoms with Crippen LogP contribution in [0.3, 0.4) is 0 Å². The molecule has 1 saturated heterocycles. The molecule has 3 nitrogen and oxygen atoms in total. The van der Waals surface area contributed by atoms with Gasteiger partial charge in [-0.2, -0.15) is 0 Å². The van der Waals surface area contributed by atoms with Crippen molar-refractivity contribution in [2.75, 3.05) is 12.4 Å². The third-order valence-electron chi connectivity index (χ3n) is 2.03. The monoisotopic (exact) mass is 212 g/mol. The Morgan fingerprint density at radius 1 is 1.50 bits per heavy atom. The fourth-order valence-electron chi connectivity index (χ4n) is 1.47. The molecular formula is C7H13ClO3S. The van der Waals surface area contributed by atoms with E-state index in [4.69, 9.17) is 15.4 Å². The van der Waals surface area contributed by atoms with Crippen LogP contribution in [0.15, 0.2) is 0 Å². The molecule has 0 aromatic carbocycles. The molecule has 0 amide bonds. The molecule has 72 valence electrons. The van der Waals surface area contributed by atoms with Crippen molar-refractivity contribution in [2.45, 2.75) is 31.8 Å². The van der Waals surface area contributed by atoms with E-state index in [2.05, 4.69) is 0 Å². The van der Waals surface area contributed by atoms with Gasteiger partial charge in [0.05, 0.1) is 11.4 Å². The number of halogens is 1. The van der Waals surface area contributed by atoms with E-state index in [0.717, 1.165) is 19.3 Å². The zero-order chi connectivity index (χ0) is 9.24. The molecule has 0 spiro atoms. The van der Waals surface area contributed by atoms with Crippen LogP contribution in [0.5, 0.6) is 0 Å². The number of ether oxygens (including phenoxy) is 1. The van der Waals surface area contributed by atoms with Crippen molar-refractivity contribution in [1.29, 1.82) is 0 Å². The Hall–Kier alpha value is 0.200. The van der Waals surface area contributed by atoms with Gasteiger partial charge in [0.25, 0.3) is 0 Å². The van der Waals surface area contributed by atoms with Gasteiger partial charge in [0, 0.05) is 17.3 Å². The van der Waals surface area contributed by atoms with Crippen LogP contribution in [0.25, 0.3) is 0 Å². The Morgan fingerprint density at radius 2 is 2.17 bits per heavy atom. The van der Waals surface area contributed by atoms with Crippen molar-refractivity contribution in [2.24, 2.45) is 0 Å². The normalized spacial score (nSPS) is 31.8. The van der Waals surface area contributed by atoms with E-state index in [9.17, 15) is 8.42 Å². The Bertz CT molecular complexity index is 241. The molecule has 1 unspecified atom stereocenters. The highest BCUT2D eigenvalue weighted by Crippen LogP contribution is 2.26. The Balaban J connectivity index is 2.59. The van der Waals surface area contributed by atoms with Crippen LogP contribution in [0, 0.1) is 0 Å². The lowest BCUT2D eigenvalue weighted by Gasteiger charge is -2.32. The Labute approximate surface area is 77.5 Å². The zero-order valence-electron chi connectivity index (χ0n) is 7.05. The average molecular weight is 213 g/mol. The van der Waals surface area contributed by atoms with Gasteiger partial charge in [-0.15, -0.1) is 0 Å². The molecule has 0 aromatic heterocycles. The van der Waals surface area contributed by atoms with Crippen LogP contribution in [0.1, 0.15) is 26.2 Å². The summed E-state index contributed by atoms with van der Waals surface area (Å²) >= 11 is 0. The molecule has 1 atom stereocenters. The SMILES string of the molecule is CC1(CS(=O)(=O)Cl)CCCCO1. The summed E-state index contributed by atoms with van der Waals surface area (Å²) < 4.78 is 27.0. The van der Waals surface area contributed by atoms with Gasteiger partial charge in [0.15, 0.2) is 0 Å². The van der Waals surface area contributed by atoms with E-state index in [1.54, 1.807) is 6.92 Å². The lowest BCUT2D eigenvalue weighted by atomic mass is 9.98. The third kappa shape index (κ3) is 3.29. The predicted molar refractivity (Wildman–Crippen MR) is 47.8 cm³/mol. The molecule has 5 heteroatoms. The number of hydrogen-bond donors (Lipinski definition) is 0. The molecule has 1 aliphatic heterocycles. The van der Waals surface area contributed by atoms with Gasteiger partial charge in [0.2, 0.25) is 9.05 Å². The lowest BCUT2D eigenvalue weighted by Crippen LogP contribution is -2.38. The first-order chi connectivity index (χ1) is 5.41. The predicted octanol–water partition coefficient (Wildman–Crippen LogP) is 1.51. The van der Waals surface area contributed by atoms with Crippen molar-refractivity contribution in [1.82, 2.24) is 0 Å². The second-order valence-electron chi connectivity index (χ2n) is 3.44. The summed E-state index contributed by atoms with van der Waals surface area (Å²) in [6.07, 6.45) is 2.81. The summed E-state index contributed by atoms with van der Waals surface area (Å²) in [7, 11) is 1.71. The second kappa shape index (κ2) is 3.52. The highest BCUT2D eigenvalue weighted by Gasteiger charge is 2.32. The first kappa shape index (κ1) is 10.3. The third-order valence-corrected chi connectivity index (χ3v) is 3.31. The summed E-state index contributed by atoms with van der Waals surface area (Å²) in [6.45, 7) is 2.44. The molecule has 0 saturated carbocycles. The smallest absolute Gasteiger partial charge is 0.235 e. The highest BCUT2D eigenvalue weighted by molar-refractivity contribution is 8.13. The van der Waals surface area contributed by atoms with Crippen LogP contribution >= 0.6 is 10.7 Å². The molecule has 0 radical (unpaired) electrons. The topological polar surface area (TPSA) is 43.4 Å². The maximum atomic E-state index is 10.8. The standard InChI is InChI=1S/C7H13ClO3S/c1-7(6-12(8,9)10)4-2-3-5-11-7/h2-6H2,1H3. The van der Waals surface area contributed by atoms with Crippen molar-refractivity contribution in [3.8, 4) is 0 Å². The van der Waals surface area contributed by atoms with Gasteiger partial charge in [-0.3, -0.25) is 0 Å². The molecule has 12 heavy (non-hydrogen) atoms. The van der Waals surface area contributed by atoms with Gasteiger partial charge >= 0.3 is 0 Å². The van der Waals surface area contributed by atoms with Gasteiger partial charge in [-0.1, -0.05) is 0 Å². The van der Waals surface area contributed by atoms with E-state index in [1.165, 1.54) is 0 Å². The molecule has 1 heterocycles. The van der Waals surface area contributed by atoms with Crippen LogP contribution in [0.2, 0.25) is 0 Å². The molecular weight excluding hydrogens is 200 g/mol.